The predicted molar refractivity (Wildman–Crippen MR) is 88.5 cm³/mol. The number of rotatable bonds is 1. The van der Waals surface area contributed by atoms with Crippen LogP contribution in [0, 0.1) is 11.6 Å². The van der Waals surface area contributed by atoms with Gasteiger partial charge in [0.2, 0.25) is 0 Å². The third-order valence-corrected chi connectivity index (χ3v) is 3.89. The van der Waals surface area contributed by atoms with Crippen LogP contribution in [-0.4, -0.2) is 22.8 Å². The zero-order valence-corrected chi connectivity index (χ0v) is 13.1. The van der Waals surface area contributed by atoms with E-state index in [-0.39, 0.29) is 0 Å². The molecule has 0 aliphatic rings. The summed E-state index contributed by atoms with van der Waals surface area (Å²) in [5, 5.41) is 0.764. The van der Waals surface area contributed by atoms with Crippen LogP contribution in [-0.2, 0) is 4.74 Å². The van der Waals surface area contributed by atoms with Crippen molar-refractivity contribution in [3.05, 3.63) is 58.7 Å². The highest BCUT2D eigenvalue weighted by atomic mass is 32.1. The molecule has 2 aromatic carbocycles. The van der Waals surface area contributed by atoms with Gasteiger partial charge in [0.05, 0.1) is 12.6 Å². The molecule has 4 nitrogen and oxygen atoms in total. The van der Waals surface area contributed by atoms with Crippen molar-refractivity contribution in [1.82, 2.24) is 9.55 Å². The van der Waals surface area contributed by atoms with Crippen molar-refractivity contribution in [3.63, 3.8) is 0 Å². The van der Waals surface area contributed by atoms with Gasteiger partial charge >= 0.3 is 6.09 Å². The lowest BCUT2D eigenvalue weighted by Gasteiger charge is -2.13. The fourth-order valence-electron chi connectivity index (χ4n) is 2.39. The van der Waals surface area contributed by atoms with E-state index in [1.807, 2.05) is 55.5 Å². The zero-order chi connectivity index (χ0) is 15.7. The standard InChI is InChI=1S/C17H14N2O2S/c1-11-7-6-10-13-14(11)18-15(12-8-4-3-5-9-12)19(16(13)22)17(20)21-2/h3-10H,1-2H3. The number of benzene rings is 2. The molecule has 0 saturated carbocycles. The van der Waals surface area contributed by atoms with Gasteiger partial charge in [0, 0.05) is 10.9 Å². The lowest BCUT2D eigenvalue weighted by atomic mass is 10.1. The fourth-order valence-corrected chi connectivity index (χ4v) is 2.72. The number of hydrogen-bond donors (Lipinski definition) is 0. The molecule has 5 heteroatoms. The predicted octanol–water partition coefficient (Wildman–Crippen LogP) is 4.36. The lowest BCUT2D eigenvalue weighted by Crippen LogP contribution is -2.17. The molecule has 0 unspecified atom stereocenters. The molecule has 3 rings (SSSR count). The summed E-state index contributed by atoms with van der Waals surface area (Å²) < 4.78 is 6.62. The Kier molecular flexibility index (Phi) is 3.73. The summed E-state index contributed by atoms with van der Waals surface area (Å²) in [4.78, 5) is 16.9. The largest absolute Gasteiger partial charge is 0.452 e. The molecule has 110 valence electrons. The van der Waals surface area contributed by atoms with E-state index in [4.69, 9.17) is 17.0 Å². The molecule has 0 amide bonds. The summed E-state index contributed by atoms with van der Waals surface area (Å²) >= 11 is 5.51. The smallest absolute Gasteiger partial charge is 0.420 e. The van der Waals surface area contributed by atoms with Crippen molar-refractivity contribution in [2.75, 3.05) is 7.11 Å². The summed E-state index contributed by atoms with van der Waals surface area (Å²) in [6, 6.07) is 15.2. The Labute approximate surface area is 133 Å². The number of carbonyl (C=O) groups excluding carboxylic acids is 1. The van der Waals surface area contributed by atoms with Crippen LogP contribution in [0.1, 0.15) is 5.56 Å². The SMILES string of the molecule is COC(=O)n1c(-c2ccccc2)nc2c(C)cccc2c1=S. The van der Waals surface area contributed by atoms with Crippen LogP contribution in [0.5, 0.6) is 0 Å². The molecule has 0 saturated heterocycles. The topological polar surface area (TPSA) is 44.1 Å². The summed E-state index contributed by atoms with van der Waals surface area (Å²) in [5.74, 6) is 0.485. The molecule has 0 aliphatic heterocycles. The summed E-state index contributed by atoms with van der Waals surface area (Å²) in [5.41, 5.74) is 2.62. The van der Waals surface area contributed by atoms with Gasteiger partial charge in [0.25, 0.3) is 0 Å². The van der Waals surface area contributed by atoms with E-state index in [0.717, 1.165) is 22.0 Å². The van der Waals surface area contributed by atoms with Crippen LogP contribution < -0.4 is 0 Å². The normalized spacial score (nSPS) is 10.6. The Morgan fingerprint density at radius 3 is 2.55 bits per heavy atom. The number of nitrogens with zero attached hydrogens (tertiary/aromatic N) is 2. The molecule has 0 fully saturated rings. The second-order valence-corrected chi connectivity index (χ2v) is 5.27. The van der Waals surface area contributed by atoms with E-state index in [1.54, 1.807) is 0 Å². The maximum absolute atomic E-state index is 12.2. The van der Waals surface area contributed by atoms with Crippen LogP contribution in [0.4, 0.5) is 4.79 Å². The monoisotopic (exact) mass is 310 g/mol. The number of fused-ring (bicyclic) bond motifs is 1. The van der Waals surface area contributed by atoms with Crippen LogP contribution in [0.2, 0.25) is 0 Å². The average Bonchev–Trinajstić information content (AvgIpc) is 2.55. The number of methoxy groups -OCH3 is 1. The van der Waals surface area contributed by atoms with E-state index in [0.29, 0.717) is 10.5 Å². The zero-order valence-electron chi connectivity index (χ0n) is 12.2. The highest BCUT2D eigenvalue weighted by Gasteiger charge is 2.17. The van der Waals surface area contributed by atoms with Crippen molar-refractivity contribution >= 4 is 29.2 Å². The summed E-state index contributed by atoms with van der Waals surface area (Å²) in [7, 11) is 1.33. The van der Waals surface area contributed by atoms with Crippen molar-refractivity contribution < 1.29 is 9.53 Å². The molecule has 1 heterocycles. The minimum Gasteiger partial charge on any atom is -0.452 e. The molecule has 0 radical (unpaired) electrons. The number of ether oxygens (including phenoxy) is 1. The Morgan fingerprint density at radius 2 is 1.86 bits per heavy atom. The second kappa shape index (κ2) is 5.69. The number of hydrogen-bond acceptors (Lipinski definition) is 4. The van der Waals surface area contributed by atoms with Gasteiger partial charge in [0.1, 0.15) is 4.64 Å². The highest BCUT2D eigenvalue weighted by molar-refractivity contribution is 7.71. The first kappa shape index (κ1) is 14.4. The third-order valence-electron chi connectivity index (χ3n) is 3.49. The van der Waals surface area contributed by atoms with Crippen LogP contribution in [0.15, 0.2) is 48.5 Å². The van der Waals surface area contributed by atoms with Gasteiger partial charge in [-0.1, -0.05) is 54.7 Å². The molecular formula is C17H14N2O2S. The quantitative estimate of drug-likeness (QED) is 0.627. The third kappa shape index (κ3) is 2.29. The van der Waals surface area contributed by atoms with E-state index >= 15 is 0 Å². The Hall–Kier alpha value is -2.53. The molecular weight excluding hydrogens is 296 g/mol. The summed E-state index contributed by atoms with van der Waals surface area (Å²) in [6.45, 7) is 1.97. The van der Waals surface area contributed by atoms with Gasteiger partial charge in [-0.3, -0.25) is 0 Å². The Morgan fingerprint density at radius 1 is 1.14 bits per heavy atom. The van der Waals surface area contributed by atoms with E-state index in [9.17, 15) is 4.79 Å². The number of para-hydroxylation sites is 1. The van der Waals surface area contributed by atoms with Crippen molar-refractivity contribution in [2.45, 2.75) is 6.92 Å². The molecule has 22 heavy (non-hydrogen) atoms. The maximum atomic E-state index is 12.2. The van der Waals surface area contributed by atoms with Crippen molar-refractivity contribution in [2.24, 2.45) is 0 Å². The molecule has 0 aliphatic carbocycles. The molecule has 1 aromatic heterocycles. The number of carbonyl (C=O) groups is 1. The van der Waals surface area contributed by atoms with E-state index < -0.39 is 6.09 Å². The minimum absolute atomic E-state index is 0.402. The average molecular weight is 310 g/mol. The second-order valence-electron chi connectivity index (χ2n) is 4.88. The van der Waals surface area contributed by atoms with Crippen LogP contribution in [0.3, 0.4) is 0 Å². The van der Waals surface area contributed by atoms with E-state index in [1.165, 1.54) is 11.7 Å². The van der Waals surface area contributed by atoms with Gasteiger partial charge in [-0.15, -0.1) is 0 Å². The molecule has 0 bridgehead atoms. The van der Waals surface area contributed by atoms with E-state index in [2.05, 4.69) is 4.98 Å². The van der Waals surface area contributed by atoms with Gasteiger partial charge in [-0.05, 0) is 18.6 Å². The molecule has 0 atom stereocenters. The molecule has 0 N–H and O–H groups in total. The number of aryl methyl sites for hydroxylation is 1. The number of aromatic nitrogens is 2. The maximum Gasteiger partial charge on any atom is 0.420 e. The molecule has 3 aromatic rings. The van der Waals surface area contributed by atoms with Crippen molar-refractivity contribution in [3.8, 4) is 11.4 Å². The minimum atomic E-state index is -0.542. The van der Waals surface area contributed by atoms with Gasteiger partial charge < -0.3 is 4.74 Å². The van der Waals surface area contributed by atoms with Crippen LogP contribution >= 0.6 is 12.2 Å². The first-order valence-electron chi connectivity index (χ1n) is 6.79. The first-order chi connectivity index (χ1) is 10.6. The highest BCUT2D eigenvalue weighted by Crippen LogP contribution is 2.25. The van der Waals surface area contributed by atoms with Crippen LogP contribution in [0.25, 0.3) is 22.3 Å². The van der Waals surface area contributed by atoms with Gasteiger partial charge in [-0.25, -0.2) is 14.3 Å². The molecule has 0 spiro atoms. The van der Waals surface area contributed by atoms with Gasteiger partial charge in [0.15, 0.2) is 5.82 Å². The fraction of sp³-hybridized carbons (Fsp3) is 0.118. The van der Waals surface area contributed by atoms with Crippen molar-refractivity contribution in [1.29, 1.82) is 0 Å². The Balaban J connectivity index is 2.46. The first-order valence-corrected chi connectivity index (χ1v) is 7.20. The lowest BCUT2D eigenvalue weighted by molar-refractivity contribution is 0.172. The summed E-state index contributed by atoms with van der Waals surface area (Å²) in [6.07, 6.45) is -0.542. The van der Waals surface area contributed by atoms with Gasteiger partial charge in [-0.2, -0.15) is 0 Å². The Bertz CT molecular complexity index is 917.